The number of para-hydroxylation sites is 1. The van der Waals surface area contributed by atoms with Gasteiger partial charge in [0.1, 0.15) is 0 Å². The summed E-state index contributed by atoms with van der Waals surface area (Å²) >= 11 is 5.57. The molecule has 168 valence electrons. The van der Waals surface area contributed by atoms with E-state index in [0.717, 1.165) is 40.8 Å². The van der Waals surface area contributed by atoms with Gasteiger partial charge in [-0.25, -0.2) is 0 Å². The molecule has 0 aromatic heterocycles. The van der Waals surface area contributed by atoms with Crippen LogP contribution in [0.5, 0.6) is 0 Å². The van der Waals surface area contributed by atoms with E-state index in [2.05, 4.69) is 23.3 Å². The fourth-order valence-electron chi connectivity index (χ4n) is 3.15. The summed E-state index contributed by atoms with van der Waals surface area (Å²) in [6, 6.07) is 19.0. The van der Waals surface area contributed by atoms with Crippen LogP contribution in [0.1, 0.15) is 27.9 Å². The Morgan fingerprint density at radius 2 is 1.75 bits per heavy atom. The Balaban J connectivity index is 0.000000305. The second-order valence-electron chi connectivity index (χ2n) is 7.07. The molecule has 0 saturated heterocycles. The number of carbonyl (C=O) groups is 1. The molecule has 0 aliphatic carbocycles. The van der Waals surface area contributed by atoms with Gasteiger partial charge in [-0.05, 0) is 72.7 Å². The number of amides is 1. The lowest BCUT2D eigenvalue weighted by Crippen LogP contribution is -2.14. The van der Waals surface area contributed by atoms with Crippen LogP contribution in [0.15, 0.2) is 76.5 Å². The van der Waals surface area contributed by atoms with Crippen molar-refractivity contribution >= 4 is 41.7 Å². The number of hydrogen-bond acceptors (Lipinski definition) is 4. The molecule has 1 aliphatic rings. The molecular formula is C24H23F3N2OS2. The average Bonchev–Trinajstić information content (AvgIpc) is 2.80. The van der Waals surface area contributed by atoms with Crippen LogP contribution in [0.4, 0.5) is 24.5 Å². The molecule has 2 N–H and O–H groups in total. The highest BCUT2D eigenvalue weighted by Crippen LogP contribution is 2.35. The van der Waals surface area contributed by atoms with Crippen molar-refractivity contribution in [2.45, 2.75) is 28.8 Å². The van der Waals surface area contributed by atoms with Crippen LogP contribution in [0.3, 0.4) is 0 Å². The van der Waals surface area contributed by atoms with E-state index < -0.39 is 17.6 Å². The zero-order valence-electron chi connectivity index (χ0n) is 17.4. The van der Waals surface area contributed by atoms with Crippen molar-refractivity contribution in [1.29, 1.82) is 0 Å². The monoisotopic (exact) mass is 476 g/mol. The Hall–Kier alpha value is -2.58. The molecule has 0 spiro atoms. The standard InChI is InChI=1S/C17H14F3NOS2.C7H9N/c18-17(19,20)13-9-12(4-5-14(13)23)21-16(22)11-3-6-15-10(8-11)2-1-7-24-15;1-8-7-5-3-2-4-6-7/h3-6,8-9,23H,1-2,7H2,(H,21,22);2-6,8H,1H3. The number of fused-ring (bicyclic) bond motifs is 1. The van der Waals surface area contributed by atoms with E-state index in [9.17, 15) is 18.0 Å². The predicted molar refractivity (Wildman–Crippen MR) is 128 cm³/mol. The van der Waals surface area contributed by atoms with Gasteiger partial charge in [-0.1, -0.05) is 18.2 Å². The summed E-state index contributed by atoms with van der Waals surface area (Å²) < 4.78 is 38.7. The third-order valence-corrected chi connectivity index (χ3v) is 6.39. The minimum atomic E-state index is -4.51. The van der Waals surface area contributed by atoms with E-state index >= 15 is 0 Å². The van der Waals surface area contributed by atoms with Gasteiger partial charge < -0.3 is 10.6 Å². The molecule has 0 atom stereocenters. The van der Waals surface area contributed by atoms with E-state index in [0.29, 0.717) is 5.56 Å². The summed E-state index contributed by atoms with van der Waals surface area (Å²) in [4.78, 5) is 13.3. The normalized spacial score (nSPS) is 12.8. The van der Waals surface area contributed by atoms with Gasteiger partial charge in [-0.2, -0.15) is 13.2 Å². The third kappa shape index (κ3) is 6.46. The average molecular weight is 477 g/mol. The molecule has 3 aromatic carbocycles. The Labute approximate surface area is 195 Å². The molecule has 0 unspecified atom stereocenters. The number of carbonyl (C=O) groups excluding carboxylic acids is 1. The smallest absolute Gasteiger partial charge is 0.388 e. The van der Waals surface area contributed by atoms with E-state index in [1.807, 2.05) is 49.5 Å². The number of alkyl halides is 3. The quantitative estimate of drug-likeness (QED) is 0.356. The lowest BCUT2D eigenvalue weighted by molar-refractivity contribution is -0.139. The number of rotatable bonds is 3. The van der Waals surface area contributed by atoms with Gasteiger partial charge in [0.2, 0.25) is 0 Å². The Morgan fingerprint density at radius 1 is 1.00 bits per heavy atom. The number of thioether (sulfide) groups is 1. The number of hydrogen-bond donors (Lipinski definition) is 3. The Bertz CT molecular complexity index is 1070. The van der Waals surface area contributed by atoms with Crippen LogP contribution < -0.4 is 10.6 Å². The lowest BCUT2D eigenvalue weighted by atomic mass is 10.1. The number of aryl methyl sites for hydroxylation is 1. The maximum absolute atomic E-state index is 12.9. The first-order valence-corrected chi connectivity index (χ1v) is 11.4. The molecule has 3 aromatic rings. The van der Waals surface area contributed by atoms with Gasteiger partial charge >= 0.3 is 6.18 Å². The first kappa shape index (κ1) is 24.1. The molecule has 0 bridgehead atoms. The van der Waals surface area contributed by atoms with Crippen molar-refractivity contribution in [3.05, 3.63) is 83.4 Å². The highest BCUT2D eigenvalue weighted by molar-refractivity contribution is 7.99. The molecule has 1 amide bonds. The van der Waals surface area contributed by atoms with Crippen molar-refractivity contribution in [3.8, 4) is 0 Å². The maximum Gasteiger partial charge on any atom is 0.417 e. The van der Waals surface area contributed by atoms with E-state index in [4.69, 9.17) is 0 Å². The summed E-state index contributed by atoms with van der Waals surface area (Å²) in [6.45, 7) is 0. The first-order chi connectivity index (χ1) is 15.3. The molecule has 8 heteroatoms. The van der Waals surface area contributed by atoms with Gasteiger partial charge in [-0.3, -0.25) is 4.79 Å². The molecular weight excluding hydrogens is 453 g/mol. The summed E-state index contributed by atoms with van der Waals surface area (Å²) in [5.74, 6) is 0.642. The van der Waals surface area contributed by atoms with Crippen LogP contribution in [0.25, 0.3) is 0 Å². The van der Waals surface area contributed by atoms with Crippen molar-refractivity contribution in [2.24, 2.45) is 0 Å². The second-order valence-corrected chi connectivity index (χ2v) is 8.69. The zero-order chi connectivity index (χ0) is 23.1. The van der Waals surface area contributed by atoms with Gasteiger partial charge in [0.05, 0.1) is 5.56 Å². The van der Waals surface area contributed by atoms with E-state index in [1.54, 1.807) is 17.8 Å². The fraction of sp³-hybridized carbons (Fsp3) is 0.208. The maximum atomic E-state index is 12.9. The summed E-state index contributed by atoms with van der Waals surface area (Å²) in [7, 11) is 1.91. The molecule has 32 heavy (non-hydrogen) atoms. The second kappa shape index (κ2) is 10.8. The Morgan fingerprint density at radius 3 is 2.41 bits per heavy atom. The predicted octanol–water partition coefficient (Wildman–Crippen LogP) is 7.01. The fourth-order valence-corrected chi connectivity index (χ4v) is 4.44. The van der Waals surface area contributed by atoms with Crippen LogP contribution >= 0.6 is 24.4 Å². The minimum Gasteiger partial charge on any atom is -0.388 e. The molecule has 1 aliphatic heterocycles. The van der Waals surface area contributed by atoms with Crippen LogP contribution in [-0.4, -0.2) is 18.7 Å². The van der Waals surface area contributed by atoms with Crippen molar-refractivity contribution < 1.29 is 18.0 Å². The number of halogens is 3. The summed E-state index contributed by atoms with van der Waals surface area (Å²) in [6.07, 6.45) is -2.54. The highest BCUT2D eigenvalue weighted by atomic mass is 32.2. The molecule has 0 radical (unpaired) electrons. The zero-order valence-corrected chi connectivity index (χ0v) is 19.1. The number of nitrogens with one attached hydrogen (secondary N) is 2. The topological polar surface area (TPSA) is 41.1 Å². The van der Waals surface area contributed by atoms with Gasteiger partial charge in [0.25, 0.3) is 5.91 Å². The van der Waals surface area contributed by atoms with Gasteiger partial charge in [0, 0.05) is 33.8 Å². The van der Waals surface area contributed by atoms with Crippen LogP contribution in [0.2, 0.25) is 0 Å². The number of anilines is 2. The highest BCUT2D eigenvalue weighted by Gasteiger charge is 2.33. The molecule has 0 fully saturated rings. The summed E-state index contributed by atoms with van der Waals surface area (Å²) in [5, 5.41) is 5.55. The molecule has 3 nitrogen and oxygen atoms in total. The largest absolute Gasteiger partial charge is 0.417 e. The molecule has 1 heterocycles. The van der Waals surface area contributed by atoms with Crippen molar-refractivity contribution in [3.63, 3.8) is 0 Å². The van der Waals surface area contributed by atoms with E-state index in [1.165, 1.54) is 12.1 Å². The van der Waals surface area contributed by atoms with Crippen LogP contribution in [-0.2, 0) is 12.6 Å². The lowest BCUT2D eigenvalue weighted by Gasteiger charge is -2.16. The molecule has 4 rings (SSSR count). The van der Waals surface area contributed by atoms with Gasteiger partial charge in [-0.15, -0.1) is 24.4 Å². The number of benzene rings is 3. The van der Waals surface area contributed by atoms with Crippen molar-refractivity contribution in [2.75, 3.05) is 23.4 Å². The Kier molecular flexibility index (Phi) is 8.15. The first-order valence-electron chi connectivity index (χ1n) is 9.98. The van der Waals surface area contributed by atoms with Gasteiger partial charge in [0.15, 0.2) is 0 Å². The number of thiol groups is 1. The van der Waals surface area contributed by atoms with Crippen molar-refractivity contribution in [1.82, 2.24) is 0 Å². The summed E-state index contributed by atoms with van der Waals surface area (Å²) in [5.41, 5.74) is 1.94. The van der Waals surface area contributed by atoms with E-state index in [-0.39, 0.29) is 10.6 Å². The third-order valence-electron chi connectivity index (χ3n) is 4.79. The molecule has 0 saturated carbocycles. The van der Waals surface area contributed by atoms with Crippen LogP contribution in [0, 0.1) is 0 Å². The minimum absolute atomic E-state index is 0.0946. The SMILES string of the molecule is CNc1ccccc1.O=C(Nc1ccc(S)c(C(F)(F)F)c1)c1ccc2c(c1)CCCS2.